The average Bonchev–Trinajstić information content (AvgIpc) is 3.08. The van der Waals surface area contributed by atoms with Crippen molar-refractivity contribution >= 4 is 28.0 Å². The lowest BCUT2D eigenvalue weighted by Gasteiger charge is -2.09. The molecule has 0 saturated heterocycles. The van der Waals surface area contributed by atoms with Gasteiger partial charge < -0.3 is 10.1 Å². The van der Waals surface area contributed by atoms with Gasteiger partial charge in [-0.1, -0.05) is 26.0 Å². The minimum absolute atomic E-state index is 0.0313. The third-order valence-electron chi connectivity index (χ3n) is 3.39. The lowest BCUT2D eigenvalue weighted by molar-refractivity contribution is -0.385. The van der Waals surface area contributed by atoms with Gasteiger partial charge in [-0.25, -0.2) is 9.97 Å². The molecule has 0 saturated carbocycles. The van der Waals surface area contributed by atoms with Gasteiger partial charge in [0.15, 0.2) is 5.13 Å². The third-order valence-corrected chi connectivity index (χ3v) is 4.08. The Morgan fingerprint density at radius 1 is 1.20 bits per heavy atom. The molecule has 0 aliphatic rings. The van der Waals surface area contributed by atoms with Crippen LogP contribution in [0.2, 0.25) is 0 Å². The molecular formula is C16H15N5O3S. The standard InChI is InChI=1S/C16H15N5O3S/c1-10(2)11-3-5-12(6-4-11)24-15-13(21(22)23)14(18-9-19-15)20-16-17-7-8-25-16/h3-10H,1-2H3,(H,17,18,19,20). The zero-order valence-corrected chi connectivity index (χ0v) is 14.4. The Morgan fingerprint density at radius 3 is 2.56 bits per heavy atom. The fourth-order valence-corrected chi connectivity index (χ4v) is 2.64. The number of thiazole rings is 1. The Labute approximate surface area is 147 Å². The van der Waals surface area contributed by atoms with Crippen LogP contribution in [0.25, 0.3) is 0 Å². The number of ether oxygens (including phenoxy) is 1. The molecule has 0 amide bonds. The first-order chi connectivity index (χ1) is 12.0. The summed E-state index contributed by atoms with van der Waals surface area (Å²) in [6.45, 7) is 4.17. The van der Waals surface area contributed by atoms with Crippen LogP contribution in [0.1, 0.15) is 25.3 Å². The summed E-state index contributed by atoms with van der Waals surface area (Å²) in [6.07, 6.45) is 2.80. The quantitative estimate of drug-likeness (QED) is 0.511. The van der Waals surface area contributed by atoms with Crippen molar-refractivity contribution < 1.29 is 9.66 Å². The predicted molar refractivity (Wildman–Crippen MR) is 94.7 cm³/mol. The van der Waals surface area contributed by atoms with Crippen molar-refractivity contribution in [3.05, 3.63) is 57.8 Å². The van der Waals surface area contributed by atoms with Crippen LogP contribution in [0.4, 0.5) is 16.6 Å². The molecule has 1 aromatic carbocycles. The van der Waals surface area contributed by atoms with Gasteiger partial charge in [0.05, 0.1) is 4.92 Å². The molecule has 0 bridgehead atoms. The first-order valence-corrected chi connectivity index (χ1v) is 8.36. The second-order valence-corrected chi connectivity index (χ2v) is 6.32. The van der Waals surface area contributed by atoms with E-state index >= 15 is 0 Å². The number of anilines is 2. The molecule has 9 heteroatoms. The van der Waals surface area contributed by atoms with Crippen LogP contribution in [-0.2, 0) is 0 Å². The van der Waals surface area contributed by atoms with E-state index in [0.717, 1.165) is 5.56 Å². The molecule has 0 aliphatic heterocycles. The van der Waals surface area contributed by atoms with Crippen molar-refractivity contribution in [1.82, 2.24) is 15.0 Å². The van der Waals surface area contributed by atoms with Crippen LogP contribution in [0.5, 0.6) is 11.6 Å². The lowest BCUT2D eigenvalue weighted by Crippen LogP contribution is -2.03. The minimum atomic E-state index is -0.576. The van der Waals surface area contributed by atoms with Crippen LogP contribution >= 0.6 is 11.3 Å². The molecule has 1 N–H and O–H groups in total. The highest BCUT2D eigenvalue weighted by Gasteiger charge is 2.25. The summed E-state index contributed by atoms with van der Waals surface area (Å²) >= 11 is 1.31. The van der Waals surface area contributed by atoms with Crippen LogP contribution in [0, 0.1) is 10.1 Å². The normalized spacial score (nSPS) is 10.7. The van der Waals surface area contributed by atoms with Crippen LogP contribution in [-0.4, -0.2) is 19.9 Å². The zero-order valence-electron chi connectivity index (χ0n) is 13.5. The van der Waals surface area contributed by atoms with Gasteiger partial charge in [0.1, 0.15) is 12.1 Å². The summed E-state index contributed by atoms with van der Waals surface area (Å²) in [6, 6.07) is 7.35. The monoisotopic (exact) mass is 357 g/mol. The van der Waals surface area contributed by atoms with Crippen molar-refractivity contribution in [2.45, 2.75) is 19.8 Å². The number of hydrogen-bond acceptors (Lipinski definition) is 8. The van der Waals surface area contributed by atoms with Gasteiger partial charge >= 0.3 is 11.6 Å². The van der Waals surface area contributed by atoms with E-state index in [1.807, 2.05) is 12.1 Å². The van der Waals surface area contributed by atoms with Gasteiger partial charge in [-0.15, -0.1) is 11.3 Å². The number of nitrogens with one attached hydrogen (secondary N) is 1. The highest BCUT2D eigenvalue weighted by Crippen LogP contribution is 2.35. The van der Waals surface area contributed by atoms with Crippen molar-refractivity contribution in [2.75, 3.05) is 5.32 Å². The molecule has 0 spiro atoms. The molecule has 0 unspecified atom stereocenters. The number of rotatable bonds is 6. The Morgan fingerprint density at radius 2 is 1.96 bits per heavy atom. The van der Waals surface area contributed by atoms with Gasteiger partial charge in [0.2, 0.25) is 5.82 Å². The summed E-state index contributed by atoms with van der Waals surface area (Å²) in [4.78, 5) is 22.8. The predicted octanol–water partition coefficient (Wildman–Crippen LogP) is 4.50. The van der Waals surface area contributed by atoms with Gasteiger partial charge in [-0.2, -0.15) is 4.98 Å². The summed E-state index contributed by atoms with van der Waals surface area (Å²) < 4.78 is 5.62. The second kappa shape index (κ2) is 7.22. The SMILES string of the molecule is CC(C)c1ccc(Oc2ncnc(Nc3nccs3)c2[N+](=O)[O-])cc1. The molecule has 0 fully saturated rings. The number of nitrogens with zero attached hydrogens (tertiary/aromatic N) is 4. The highest BCUT2D eigenvalue weighted by molar-refractivity contribution is 7.13. The van der Waals surface area contributed by atoms with Crippen molar-refractivity contribution in [3.8, 4) is 11.6 Å². The maximum atomic E-state index is 11.5. The van der Waals surface area contributed by atoms with E-state index in [-0.39, 0.29) is 17.4 Å². The molecule has 128 valence electrons. The second-order valence-electron chi connectivity index (χ2n) is 5.42. The fraction of sp³-hybridized carbons (Fsp3) is 0.188. The number of hydrogen-bond donors (Lipinski definition) is 1. The molecule has 3 rings (SSSR count). The molecule has 8 nitrogen and oxygen atoms in total. The number of benzene rings is 1. The molecule has 0 radical (unpaired) electrons. The zero-order chi connectivity index (χ0) is 17.8. The minimum Gasteiger partial charge on any atom is -0.434 e. The lowest BCUT2D eigenvalue weighted by atomic mass is 10.0. The van der Waals surface area contributed by atoms with E-state index in [1.165, 1.54) is 17.7 Å². The van der Waals surface area contributed by atoms with Crippen molar-refractivity contribution in [3.63, 3.8) is 0 Å². The van der Waals surface area contributed by atoms with E-state index in [0.29, 0.717) is 16.8 Å². The van der Waals surface area contributed by atoms with Crippen LogP contribution in [0.3, 0.4) is 0 Å². The summed E-state index contributed by atoms with van der Waals surface area (Å²) in [5, 5.41) is 16.6. The molecular weight excluding hydrogens is 342 g/mol. The summed E-state index contributed by atoms with van der Waals surface area (Å²) in [5.41, 5.74) is 0.807. The maximum Gasteiger partial charge on any atom is 0.373 e. The first-order valence-electron chi connectivity index (χ1n) is 7.48. The summed E-state index contributed by atoms with van der Waals surface area (Å²) in [7, 11) is 0. The topological polar surface area (TPSA) is 103 Å². The number of nitro groups is 1. The molecule has 0 aliphatic carbocycles. The molecule has 2 heterocycles. The molecule has 2 aromatic heterocycles. The number of aromatic nitrogens is 3. The van der Waals surface area contributed by atoms with E-state index in [9.17, 15) is 10.1 Å². The Kier molecular flexibility index (Phi) is 4.85. The largest absolute Gasteiger partial charge is 0.434 e. The van der Waals surface area contributed by atoms with Crippen LogP contribution in [0.15, 0.2) is 42.2 Å². The van der Waals surface area contributed by atoms with E-state index in [2.05, 4.69) is 34.1 Å². The van der Waals surface area contributed by atoms with Gasteiger partial charge in [-0.3, -0.25) is 10.1 Å². The Hall–Kier alpha value is -3.07. The van der Waals surface area contributed by atoms with E-state index in [1.54, 1.807) is 23.7 Å². The van der Waals surface area contributed by atoms with Crippen LogP contribution < -0.4 is 10.1 Å². The van der Waals surface area contributed by atoms with Crippen molar-refractivity contribution in [1.29, 1.82) is 0 Å². The third kappa shape index (κ3) is 3.89. The van der Waals surface area contributed by atoms with Gasteiger partial charge in [-0.05, 0) is 23.6 Å². The molecule has 0 atom stereocenters. The van der Waals surface area contributed by atoms with Gasteiger partial charge in [0.25, 0.3) is 0 Å². The Balaban J connectivity index is 1.91. The highest BCUT2D eigenvalue weighted by atomic mass is 32.1. The molecule has 3 aromatic rings. The molecule has 25 heavy (non-hydrogen) atoms. The average molecular weight is 357 g/mol. The Bertz CT molecular complexity index is 866. The first kappa shape index (κ1) is 16.8. The fourth-order valence-electron chi connectivity index (χ4n) is 2.11. The van der Waals surface area contributed by atoms with Crippen molar-refractivity contribution in [2.24, 2.45) is 0 Å². The van der Waals surface area contributed by atoms with Gasteiger partial charge in [0, 0.05) is 11.6 Å². The maximum absolute atomic E-state index is 11.5. The van der Waals surface area contributed by atoms with E-state index < -0.39 is 4.92 Å². The smallest absolute Gasteiger partial charge is 0.373 e. The van der Waals surface area contributed by atoms with E-state index in [4.69, 9.17) is 4.74 Å². The summed E-state index contributed by atoms with van der Waals surface area (Å²) in [5.74, 6) is 0.753.